The van der Waals surface area contributed by atoms with Gasteiger partial charge in [0.2, 0.25) is 5.91 Å². The zero-order valence-electron chi connectivity index (χ0n) is 17.6. The molecule has 3 aliphatic rings. The number of amides is 2. The normalized spacial score (nSPS) is 25.2. The molecule has 1 saturated carbocycles. The van der Waals surface area contributed by atoms with E-state index < -0.39 is 23.6 Å². The Morgan fingerprint density at radius 2 is 1.84 bits per heavy atom. The second-order valence-corrected chi connectivity index (χ2v) is 8.34. The van der Waals surface area contributed by atoms with Gasteiger partial charge in [0.15, 0.2) is 5.78 Å². The van der Waals surface area contributed by atoms with Crippen molar-refractivity contribution in [1.82, 2.24) is 15.2 Å². The third-order valence-corrected chi connectivity index (χ3v) is 6.39. The third-order valence-electron chi connectivity index (χ3n) is 6.00. The third kappa shape index (κ3) is 6.50. The number of pyridine rings is 1. The Balaban J connectivity index is 0.00000240. The number of alkyl halides is 1. The topological polar surface area (TPSA) is 88.6 Å². The van der Waals surface area contributed by atoms with E-state index in [0.29, 0.717) is 5.56 Å². The van der Waals surface area contributed by atoms with E-state index in [0.717, 1.165) is 32.1 Å². The summed E-state index contributed by atoms with van der Waals surface area (Å²) in [6.45, 7) is 0.242. The molecule has 0 unspecified atom stereocenters. The van der Waals surface area contributed by atoms with Crippen molar-refractivity contribution in [2.45, 2.75) is 55.7 Å². The Morgan fingerprint density at radius 1 is 1.16 bits per heavy atom. The lowest BCUT2D eigenvalue weighted by atomic mass is 9.83. The molecule has 3 heterocycles. The minimum absolute atomic E-state index is 0. The van der Waals surface area contributed by atoms with Crippen LogP contribution in [0.2, 0.25) is 0 Å². The molecular formula is C20H32ClN3O4S4. The first kappa shape index (κ1) is 31.4. The van der Waals surface area contributed by atoms with Gasteiger partial charge < -0.3 is 15.0 Å². The maximum atomic E-state index is 13.5. The van der Waals surface area contributed by atoms with Crippen LogP contribution in [0.15, 0.2) is 24.5 Å². The molecule has 2 saturated heterocycles. The molecule has 4 rings (SSSR count). The standard InChI is InChI=1S/C20H24ClN3O4.4H2S/c21-14-10-24(17-15(25)11-28-18(14)17)20(27)16(12-5-2-1-3-6-12)23-19(26)13-7-4-8-22-9-13;;;;/h4,7-9,12,14,16-18H,1-3,5-6,10-11H2,(H,23,26);4*1H2/t14-,16-,17+,18+;;;;/m0..../s1. The van der Waals surface area contributed by atoms with Gasteiger partial charge in [-0.25, -0.2) is 0 Å². The first-order chi connectivity index (χ1) is 13.6. The van der Waals surface area contributed by atoms with Crippen molar-refractivity contribution in [2.75, 3.05) is 13.2 Å². The zero-order valence-corrected chi connectivity index (χ0v) is 22.3. The lowest BCUT2D eigenvalue weighted by Gasteiger charge is -2.34. The van der Waals surface area contributed by atoms with Crippen molar-refractivity contribution in [1.29, 1.82) is 0 Å². The maximum Gasteiger partial charge on any atom is 0.253 e. The lowest BCUT2D eigenvalue weighted by Crippen LogP contribution is -2.55. The molecule has 0 radical (unpaired) electrons. The van der Waals surface area contributed by atoms with Gasteiger partial charge in [-0.1, -0.05) is 19.3 Å². The van der Waals surface area contributed by atoms with Gasteiger partial charge in [-0.05, 0) is 30.9 Å². The number of nitrogens with one attached hydrogen (secondary N) is 1. The number of rotatable bonds is 4. The fraction of sp³-hybridized carbons (Fsp3) is 0.600. The number of nitrogens with zero attached hydrogens (tertiary/aromatic N) is 2. The number of carbonyl (C=O) groups is 3. The van der Waals surface area contributed by atoms with Gasteiger partial charge in [0.1, 0.15) is 24.8 Å². The minimum atomic E-state index is -0.677. The highest BCUT2D eigenvalue weighted by atomic mass is 35.5. The number of carbonyl (C=O) groups excluding carboxylic acids is 3. The highest BCUT2D eigenvalue weighted by Crippen LogP contribution is 2.34. The van der Waals surface area contributed by atoms with Crippen molar-refractivity contribution in [3.8, 4) is 0 Å². The van der Waals surface area contributed by atoms with E-state index >= 15 is 0 Å². The molecule has 12 heteroatoms. The van der Waals surface area contributed by atoms with Crippen LogP contribution in [0.4, 0.5) is 0 Å². The average molecular weight is 542 g/mol. The van der Waals surface area contributed by atoms with Crippen molar-refractivity contribution < 1.29 is 19.1 Å². The van der Waals surface area contributed by atoms with Gasteiger partial charge in [0, 0.05) is 18.9 Å². The first-order valence-corrected chi connectivity index (χ1v) is 10.3. The Labute approximate surface area is 221 Å². The van der Waals surface area contributed by atoms with Crippen LogP contribution in [0.5, 0.6) is 0 Å². The molecule has 182 valence electrons. The van der Waals surface area contributed by atoms with E-state index in [1.165, 1.54) is 11.1 Å². The quantitative estimate of drug-likeness (QED) is 0.589. The summed E-state index contributed by atoms with van der Waals surface area (Å²) in [6, 6.07) is 2.03. The molecule has 4 atom stereocenters. The Hall–Kier alpha value is -0.590. The average Bonchev–Trinajstić information content (AvgIpc) is 3.27. The molecule has 1 aromatic heterocycles. The number of ketones is 1. The first-order valence-electron chi connectivity index (χ1n) is 9.86. The highest BCUT2D eigenvalue weighted by molar-refractivity contribution is 7.59. The summed E-state index contributed by atoms with van der Waals surface area (Å²) in [4.78, 5) is 44.0. The van der Waals surface area contributed by atoms with Gasteiger partial charge in [0.25, 0.3) is 5.91 Å². The van der Waals surface area contributed by atoms with Crippen molar-refractivity contribution in [2.24, 2.45) is 5.92 Å². The van der Waals surface area contributed by atoms with Gasteiger partial charge in [-0.2, -0.15) is 54.0 Å². The number of halogens is 1. The molecule has 3 fully saturated rings. The van der Waals surface area contributed by atoms with E-state index in [4.69, 9.17) is 16.3 Å². The molecule has 0 aromatic carbocycles. The molecule has 2 aliphatic heterocycles. The fourth-order valence-electron chi connectivity index (χ4n) is 4.57. The van der Waals surface area contributed by atoms with Crippen LogP contribution >= 0.6 is 65.6 Å². The van der Waals surface area contributed by atoms with Crippen LogP contribution in [0, 0.1) is 5.92 Å². The fourth-order valence-corrected chi connectivity index (χ4v) is 4.93. The van der Waals surface area contributed by atoms with Gasteiger partial charge in [0.05, 0.1) is 10.9 Å². The monoisotopic (exact) mass is 541 g/mol. The zero-order chi connectivity index (χ0) is 19.7. The second-order valence-electron chi connectivity index (χ2n) is 7.78. The van der Waals surface area contributed by atoms with Crippen molar-refractivity contribution in [3.05, 3.63) is 30.1 Å². The number of hydrogen-bond acceptors (Lipinski definition) is 5. The van der Waals surface area contributed by atoms with E-state index in [2.05, 4.69) is 10.3 Å². The predicted octanol–water partition coefficient (Wildman–Crippen LogP) is 2.00. The van der Waals surface area contributed by atoms with E-state index in [-0.39, 0.29) is 90.6 Å². The Morgan fingerprint density at radius 3 is 2.47 bits per heavy atom. The molecular weight excluding hydrogens is 510 g/mol. The minimum Gasteiger partial charge on any atom is -0.366 e. The van der Waals surface area contributed by atoms with Gasteiger partial charge in [-0.3, -0.25) is 19.4 Å². The van der Waals surface area contributed by atoms with Crippen LogP contribution in [0.1, 0.15) is 42.5 Å². The molecule has 2 amide bonds. The smallest absolute Gasteiger partial charge is 0.253 e. The summed E-state index contributed by atoms with van der Waals surface area (Å²) in [5.41, 5.74) is 0.408. The summed E-state index contributed by atoms with van der Waals surface area (Å²) >= 11 is 6.34. The van der Waals surface area contributed by atoms with Gasteiger partial charge >= 0.3 is 0 Å². The van der Waals surface area contributed by atoms with Crippen molar-refractivity contribution >= 4 is 83.2 Å². The summed E-state index contributed by atoms with van der Waals surface area (Å²) in [7, 11) is 0. The van der Waals surface area contributed by atoms with E-state index in [1.54, 1.807) is 18.3 Å². The van der Waals surface area contributed by atoms with Crippen LogP contribution < -0.4 is 5.32 Å². The number of aromatic nitrogens is 1. The molecule has 1 N–H and O–H groups in total. The summed E-state index contributed by atoms with van der Waals surface area (Å²) in [5.74, 6) is -0.639. The SMILES string of the molecule is O=C(N[C@H](C(=O)N1C[C@H](Cl)[C@H]2OCC(=O)[C@H]21)C1CCCCC1)c1cccnc1.S.S.S.S. The second kappa shape index (κ2) is 14.0. The maximum absolute atomic E-state index is 13.5. The molecule has 1 aromatic rings. The van der Waals surface area contributed by atoms with Gasteiger partial charge in [-0.15, -0.1) is 11.6 Å². The number of fused-ring (bicyclic) bond motifs is 1. The lowest BCUT2D eigenvalue weighted by molar-refractivity contribution is -0.139. The molecule has 1 aliphatic carbocycles. The van der Waals surface area contributed by atoms with Crippen LogP contribution in [-0.4, -0.2) is 64.2 Å². The van der Waals surface area contributed by atoms with Crippen LogP contribution in [-0.2, 0) is 14.3 Å². The summed E-state index contributed by atoms with van der Waals surface area (Å²) in [5, 5.41) is 2.51. The Kier molecular flexibility index (Phi) is 13.7. The molecule has 7 nitrogen and oxygen atoms in total. The van der Waals surface area contributed by atoms with E-state index in [1.807, 2.05) is 0 Å². The van der Waals surface area contributed by atoms with Crippen LogP contribution in [0.3, 0.4) is 0 Å². The largest absolute Gasteiger partial charge is 0.366 e. The van der Waals surface area contributed by atoms with E-state index in [9.17, 15) is 14.4 Å². The number of hydrogen-bond donors (Lipinski definition) is 1. The molecule has 0 bridgehead atoms. The molecule has 32 heavy (non-hydrogen) atoms. The highest BCUT2D eigenvalue weighted by Gasteiger charge is 2.53. The molecule has 0 spiro atoms. The summed E-state index contributed by atoms with van der Waals surface area (Å²) < 4.78 is 5.49. The number of ether oxygens (including phenoxy) is 1. The summed E-state index contributed by atoms with van der Waals surface area (Å²) in [6.07, 6.45) is 7.56. The number of Topliss-reactive ketones (excluding diaryl/α,β-unsaturated/α-hetero) is 1. The number of likely N-dealkylation sites (tertiary alicyclic amines) is 1. The Bertz CT molecular complexity index is 770. The predicted molar refractivity (Wildman–Crippen MR) is 143 cm³/mol. The van der Waals surface area contributed by atoms with Crippen LogP contribution in [0.25, 0.3) is 0 Å². The van der Waals surface area contributed by atoms with Crippen molar-refractivity contribution in [3.63, 3.8) is 0 Å².